The van der Waals surface area contributed by atoms with Crippen molar-refractivity contribution in [3.63, 3.8) is 0 Å². The summed E-state index contributed by atoms with van der Waals surface area (Å²) >= 11 is 1.68. The summed E-state index contributed by atoms with van der Waals surface area (Å²) in [5, 5.41) is 7.49. The Kier molecular flexibility index (Phi) is 4.36. The monoisotopic (exact) mass is 266 g/mol. The molecule has 5 heteroatoms. The van der Waals surface area contributed by atoms with Crippen LogP contribution in [0.2, 0.25) is 0 Å². The van der Waals surface area contributed by atoms with Crippen LogP contribution in [0.3, 0.4) is 0 Å². The first-order valence-corrected chi connectivity index (χ1v) is 7.11. The van der Waals surface area contributed by atoms with E-state index in [9.17, 15) is 9.59 Å². The summed E-state index contributed by atoms with van der Waals surface area (Å²) in [5.41, 5.74) is 0. The van der Waals surface area contributed by atoms with E-state index in [-0.39, 0.29) is 24.3 Å². The SMILES string of the molecule is C[C@H]1C[C@@H]1C(=O)NCC(=O)NCCc1cccs1. The van der Waals surface area contributed by atoms with E-state index in [1.54, 1.807) is 11.3 Å². The van der Waals surface area contributed by atoms with Gasteiger partial charge < -0.3 is 10.6 Å². The van der Waals surface area contributed by atoms with Crippen LogP contribution in [0.25, 0.3) is 0 Å². The van der Waals surface area contributed by atoms with Crippen molar-refractivity contribution in [2.24, 2.45) is 11.8 Å². The second-order valence-corrected chi connectivity index (χ2v) is 5.75. The van der Waals surface area contributed by atoms with E-state index < -0.39 is 0 Å². The lowest BCUT2D eigenvalue weighted by molar-refractivity contribution is -0.126. The first-order valence-electron chi connectivity index (χ1n) is 6.23. The standard InChI is InChI=1S/C13H18N2O2S/c1-9-7-11(9)13(17)15-8-12(16)14-5-4-10-3-2-6-18-10/h2-3,6,9,11H,4-5,7-8H2,1H3,(H,14,16)(H,15,17)/t9-,11-/m0/s1. The van der Waals surface area contributed by atoms with Crippen LogP contribution in [0.5, 0.6) is 0 Å². The van der Waals surface area contributed by atoms with Crippen molar-refractivity contribution in [2.45, 2.75) is 19.8 Å². The number of carbonyl (C=O) groups excluding carboxylic acids is 2. The average molecular weight is 266 g/mol. The van der Waals surface area contributed by atoms with Crippen molar-refractivity contribution >= 4 is 23.2 Å². The molecule has 0 aliphatic heterocycles. The predicted molar refractivity (Wildman–Crippen MR) is 71.3 cm³/mol. The molecule has 2 atom stereocenters. The molecule has 18 heavy (non-hydrogen) atoms. The number of rotatable bonds is 6. The van der Waals surface area contributed by atoms with Gasteiger partial charge in [0.15, 0.2) is 0 Å². The number of nitrogens with one attached hydrogen (secondary N) is 2. The molecule has 4 nitrogen and oxygen atoms in total. The molecule has 0 spiro atoms. The molecule has 0 unspecified atom stereocenters. The van der Waals surface area contributed by atoms with Crippen LogP contribution < -0.4 is 10.6 Å². The summed E-state index contributed by atoms with van der Waals surface area (Å²) in [4.78, 5) is 24.2. The van der Waals surface area contributed by atoms with Crippen molar-refractivity contribution in [1.82, 2.24) is 10.6 Å². The van der Waals surface area contributed by atoms with Crippen molar-refractivity contribution < 1.29 is 9.59 Å². The topological polar surface area (TPSA) is 58.2 Å². The fourth-order valence-corrected chi connectivity index (χ4v) is 2.54. The summed E-state index contributed by atoms with van der Waals surface area (Å²) in [6, 6.07) is 4.05. The Bertz CT molecular complexity index is 417. The third-order valence-electron chi connectivity index (χ3n) is 3.14. The van der Waals surface area contributed by atoms with Crippen LogP contribution in [0.1, 0.15) is 18.2 Å². The van der Waals surface area contributed by atoms with E-state index in [4.69, 9.17) is 0 Å². The van der Waals surface area contributed by atoms with Gasteiger partial charge in [0.25, 0.3) is 0 Å². The molecular weight excluding hydrogens is 248 g/mol. The van der Waals surface area contributed by atoms with Gasteiger partial charge in [-0.05, 0) is 30.2 Å². The van der Waals surface area contributed by atoms with Gasteiger partial charge in [0.05, 0.1) is 6.54 Å². The molecule has 0 bridgehead atoms. The smallest absolute Gasteiger partial charge is 0.239 e. The second-order valence-electron chi connectivity index (χ2n) is 4.72. The molecule has 1 aliphatic rings. The van der Waals surface area contributed by atoms with E-state index in [0.717, 1.165) is 12.8 Å². The van der Waals surface area contributed by atoms with Crippen LogP contribution in [-0.2, 0) is 16.0 Å². The molecule has 2 N–H and O–H groups in total. The number of hydrogen-bond donors (Lipinski definition) is 2. The van der Waals surface area contributed by atoms with Gasteiger partial charge in [-0.25, -0.2) is 0 Å². The first-order chi connectivity index (χ1) is 8.66. The quantitative estimate of drug-likeness (QED) is 0.812. The van der Waals surface area contributed by atoms with E-state index >= 15 is 0 Å². The Morgan fingerprint density at radius 3 is 2.83 bits per heavy atom. The number of amides is 2. The average Bonchev–Trinajstić information content (AvgIpc) is 2.87. The van der Waals surface area contributed by atoms with Gasteiger partial charge in [0, 0.05) is 17.3 Å². The fraction of sp³-hybridized carbons (Fsp3) is 0.538. The molecule has 1 aromatic heterocycles. The van der Waals surface area contributed by atoms with Crippen LogP contribution in [-0.4, -0.2) is 24.9 Å². The molecule has 1 aliphatic carbocycles. The minimum atomic E-state index is -0.117. The minimum Gasteiger partial charge on any atom is -0.354 e. The van der Waals surface area contributed by atoms with Crippen LogP contribution in [0.4, 0.5) is 0 Å². The lowest BCUT2D eigenvalue weighted by Crippen LogP contribution is -2.38. The van der Waals surface area contributed by atoms with Crippen LogP contribution >= 0.6 is 11.3 Å². The van der Waals surface area contributed by atoms with Gasteiger partial charge in [-0.2, -0.15) is 0 Å². The minimum absolute atomic E-state index is 0.0101. The number of carbonyl (C=O) groups is 2. The molecule has 1 heterocycles. The first kappa shape index (κ1) is 13.1. The zero-order valence-electron chi connectivity index (χ0n) is 10.4. The largest absolute Gasteiger partial charge is 0.354 e. The molecular formula is C13H18N2O2S. The third kappa shape index (κ3) is 3.84. The Morgan fingerprint density at radius 2 is 2.22 bits per heavy atom. The Balaban J connectivity index is 1.56. The zero-order valence-corrected chi connectivity index (χ0v) is 11.3. The van der Waals surface area contributed by atoms with E-state index in [2.05, 4.69) is 10.6 Å². The maximum atomic E-state index is 11.5. The van der Waals surface area contributed by atoms with Gasteiger partial charge in [-0.3, -0.25) is 9.59 Å². The summed E-state index contributed by atoms with van der Waals surface area (Å²) in [6.45, 7) is 2.76. The molecule has 0 saturated heterocycles. The molecule has 1 aromatic rings. The summed E-state index contributed by atoms with van der Waals surface area (Å²) in [6.07, 6.45) is 1.79. The second kappa shape index (κ2) is 6.00. The van der Waals surface area contributed by atoms with Gasteiger partial charge in [-0.15, -0.1) is 11.3 Å². The third-order valence-corrected chi connectivity index (χ3v) is 4.08. The molecule has 0 aromatic carbocycles. The zero-order chi connectivity index (χ0) is 13.0. The maximum Gasteiger partial charge on any atom is 0.239 e. The molecule has 0 radical (unpaired) electrons. The highest BCUT2D eigenvalue weighted by Crippen LogP contribution is 2.37. The van der Waals surface area contributed by atoms with Crippen LogP contribution in [0.15, 0.2) is 17.5 Å². The van der Waals surface area contributed by atoms with E-state index in [0.29, 0.717) is 12.5 Å². The van der Waals surface area contributed by atoms with Crippen molar-refractivity contribution in [1.29, 1.82) is 0 Å². The summed E-state index contributed by atoms with van der Waals surface area (Å²) < 4.78 is 0. The van der Waals surface area contributed by atoms with Gasteiger partial charge in [0.2, 0.25) is 11.8 Å². The van der Waals surface area contributed by atoms with E-state index in [1.807, 2.05) is 24.4 Å². The summed E-state index contributed by atoms with van der Waals surface area (Å²) in [7, 11) is 0. The highest BCUT2D eigenvalue weighted by molar-refractivity contribution is 7.09. The lowest BCUT2D eigenvalue weighted by atomic mass is 10.3. The predicted octanol–water partition coefficient (Wildman–Crippen LogP) is 1.18. The number of hydrogen-bond acceptors (Lipinski definition) is 3. The Labute approximate surface area is 111 Å². The maximum absolute atomic E-state index is 11.5. The normalized spacial score (nSPS) is 21.4. The number of thiophene rings is 1. The highest BCUT2D eigenvalue weighted by atomic mass is 32.1. The molecule has 1 saturated carbocycles. The Hall–Kier alpha value is -1.36. The van der Waals surface area contributed by atoms with E-state index in [1.165, 1.54) is 4.88 Å². The van der Waals surface area contributed by atoms with Crippen LogP contribution in [0, 0.1) is 11.8 Å². The van der Waals surface area contributed by atoms with Gasteiger partial charge in [-0.1, -0.05) is 13.0 Å². The van der Waals surface area contributed by atoms with Crippen molar-refractivity contribution in [2.75, 3.05) is 13.1 Å². The van der Waals surface area contributed by atoms with Gasteiger partial charge in [0.1, 0.15) is 0 Å². The highest BCUT2D eigenvalue weighted by Gasteiger charge is 2.38. The molecule has 1 fully saturated rings. The fourth-order valence-electron chi connectivity index (χ4n) is 1.83. The van der Waals surface area contributed by atoms with Crippen molar-refractivity contribution in [3.05, 3.63) is 22.4 Å². The molecule has 2 rings (SSSR count). The lowest BCUT2D eigenvalue weighted by Gasteiger charge is -2.06. The van der Waals surface area contributed by atoms with Gasteiger partial charge >= 0.3 is 0 Å². The Morgan fingerprint density at radius 1 is 1.44 bits per heavy atom. The van der Waals surface area contributed by atoms with Crippen molar-refractivity contribution in [3.8, 4) is 0 Å². The molecule has 98 valence electrons. The summed E-state index contributed by atoms with van der Waals surface area (Å²) in [5.74, 6) is 0.500. The molecule has 2 amide bonds.